The van der Waals surface area contributed by atoms with E-state index < -0.39 is 16.6 Å². The van der Waals surface area contributed by atoms with Crippen molar-refractivity contribution in [2.24, 2.45) is 16.6 Å². The number of benzene rings is 1. The van der Waals surface area contributed by atoms with Gasteiger partial charge in [-0.3, -0.25) is 0 Å². The van der Waals surface area contributed by atoms with Gasteiger partial charge in [0, 0.05) is 19.0 Å². The Hall–Kier alpha value is -2.23. The van der Waals surface area contributed by atoms with Gasteiger partial charge >= 0.3 is 0 Å². The summed E-state index contributed by atoms with van der Waals surface area (Å²) in [7, 11) is 1.93. The van der Waals surface area contributed by atoms with Crippen LogP contribution >= 0.6 is 11.3 Å². The van der Waals surface area contributed by atoms with Gasteiger partial charge in [0.15, 0.2) is 5.82 Å². The van der Waals surface area contributed by atoms with Gasteiger partial charge in [0.2, 0.25) is 0 Å². The molecule has 4 N–H and O–H groups in total. The van der Waals surface area contributed by atoms with E-state index in [0.29, 0.717) is 5.84 Å². The van der Waals surface area contributed by atoms with Crippen LogP contribution < -0.4 is 16.6 Å². The summed E-state index contributed by atoms with van der Waals surface area (Å²) in [4.78, 5) is 6.55. The normalized spacial score (nSPS) is 17.2. The van der Waals surface area contributed by atoms with Gasteiger partial charge in [0.05, 0.1) is 5.56 Å². The molecule has 1 aromatic heterocycles. The Morgan fingerprint density at radius 1 is 1.38 bits per heavy atom. The van der Waals surface area contributed by atoms with Crippen molar-refractivity contribution in [1.29, 1.82) is 0 Å². The average Bonchev–Trinajstić information content (AvgIpc) is 3.03. The summed E-state index contributed by atoms with van der Waals surface area (Å²) in [6.45, 7) is 0. The van der Waals surface area contributed by atoms with Crippen molar-refractivity contribution in [3.8, 4) is 0 Å². The number of hydrogen-bond donors (Lipinski definition) is 2. The monoisotopic (exact) mass is 365 g/mol. The first kappa shape index (κ1) is 16.6. The van der Waals surface area contributed by atoms with Crippen LogP contribution in [-0.2, 0) is 10.8 Å². The third kappa shape index (κ3) is 2.81. The van der Waals surface area contributed by atoms with Gasteiger partial charge in [-0.05, 0) is 29.6 Å². The van der Waals surface area contributed by atoms with Crippen molar-refractivity contribution in [2.75, 3.05) is 19.1 Å². The number of nitrogens with zero attached hydrogens (tertiary/aromatic N) is 3. The Morgan fingerprint density at radius 2 is 2.12 bits per heavy atom. The maximum atomic E-state index is 13.4. The predicted octanol–water partition coefficient (Wildman–Crippen LogP) is 1.78. The van der Waals surface area contributed by atoms with Crippen molar-refractivity contribution in [3.63, 3.8) is 0 Å². The lowest BCUT2D eigenvalue weighted by Crippen LogP contribution is -2.38. The SMILES string of the molecule is CN(C)C1=N/C(=C(/N)S(=O)c2cccc(F)c2)N(N)c2sccc21. The number of anilines is 1. The Balaban J connectivity index is 2.11. The van der Waals surface area contributed by atoms with Crippen molar-refractivity contribution in [1.82, 2.24) is 4.90 Å². The molecular weight excluding hydrogens is 349 g/mol. The molecule has 1 atom stereocenters. The quantitative estimate of drug-likeness (QED) is 0.792. The van der Waals surface area contributed by atoms with Gasteiger partial charge in [0.25, 0.3) is 0 Å². The van der Waals surface area contributed by atoms with Crippen molar-refractivity contribution in [3.05, 3.63) is 57.9 Å². The van der Waals surface area contributed by atoms with Crippen LogP contribution in [0.2, 0.25) is 0 Å². The highest BCUT2D eigenvalue weighted by Crippen LogP contribution is 2.34. The molecule has 0 saturated heterocycles. The van der Waals surface area contributed by atoms with Crippen LogP contribution in [0.4, 0.5) is 9.39 Å². The highest BCUT2D eigenvalue weighted by Gasteiger charge is 2.28. The van der Waals surface area contributed by atoms with Gasteiger partial charge in [0.1, 0.15) is 32.5 Å². The summed E-state index contributed by atoms with van der Waals surface area (Å²) in [5.74, 6) is 6.49. The summed E-state index contributed by atoms with van der Waals surface area (Å²) in [6, 6.07) is 7.40. The minimum atomic E-state index is -1.77. The summed E-state index contributed by atoms with van der Waals surface area (Å²) in [5.41, 5.74) is 6.94. The number of rotatable bonds is 2. The number of hydrogen-bond acceptors (Lipinski definition) is 7. The second-order valence-corrected chi connectivity index (χ2v) is 7.60. The lowest BCUT2D eigenvalue weighted by molar-refractivity contribution is 0.619. The van der Waals surface area contributed by atoms with Crippen LogP contribution in [0.15, 0.2) is 56.4 Å². The maximum Gasteiger partial charge on any atom is 0.183 e. The van der Waals surface area contributed by atoms with E-state index in [1.807, 2.05) is 30.4 Å². The van der Waals surface area contributed by atoms with Crippen molar-refractivity contribution >= 4 is 33.0 Å². The first-order chi connectivity index (χ1) is 11.4. The topological polar surface area (TPSA) is 88.0 Å². The summed E-state index contributed by atoms with van der Waals surface area (Å²) in [6.07, 6.45) is 0. The van der Waals surface area contributed by atoms with Crippen LogP contribution in [0, 0.1) is 5.82 Å². The molecule has 126 valence electrons. The molecule has 3 rings (SSSR count). The van der Waals surface area contributed by atoms with Crippen LogP contribution in [0.3, 0.4) is 0 Å². The number of amidine groups is 1. The lowest BCUT2D eigenvalue weighted by Gasteiger charge is -2.28. The molecule has 2 aromatic rings. The van der Waals surface area contributed by atoms with E-state index in [1.165, 1.54) is 34.5 Å². The number of hydrazine groups is 1. The van der Waals surface area contributed by atoms with E-state index in [9.17, 15) is 8.60 Å². The first-order valence-corrected chi connectivity index (χ1v) is 8.99. The van der Waals surface area contributed by atoms with Crippen LogP contribution in [0.5, 0.6) is 0 Å². The fourth-order valence-corrected chi connectivity index (χ4v) is 4.08. The molecule has 0 aliphatic carbocycles. The molecule has 0 spiro atoms. The average molecular weight is 365 g/mol. The molecule has 0 fully saturated rings. The smallest absolute Gasteiger partial charge is 0.183 e. The number of thiophene rings is 1. The van der Waals surface area contributed by atoms with E-state index in [-0.39, 0.29) is 15.7 Å². The molecule has 9 heteroatoms. The van der Waals surface area contributed by atoms with Crippen molar-refractivity contribution in [2.45, 2.75) is 4.90 Å². The molecule has 0 bridgehead atoms. The summed E-state index contributed by atoms with van der Waals surface area (Å²) in [5, 5.41) is 3.94. The van der Waals surface area contributed by atoms with Crippen LogP contribution in [-0.4, -0.2) is 29.0 Å². The first-order valence-electron chi connectivity index (χ1n) is 6.96. The molecule has 1 aliphatic heterocycles. The number of aliphatic imine (C=N–C) groups is 1. The van der Waals surface area contributed by atoms with Gasteiger partial charge in [-0.15, -0.1) is 11.3 Å². The van der Waals surface area contributed by atoms with E-state index in [2.05, 4.69) is 4.99 Å². The minimum Gasteiger partial charge on any atom is -0.388 e. The minimum absolute atomic E-state index is 0.0264. The lowest BCUT2D eigenvalue weighted by atomic mass is 10.2. The van der Waals surface area contributed by atoms with Gasteiger partial charge < -0.3 is 10.6 Å². The Labute approximate surface area is 145 Å². The van der Waals surface area contributed by atoms with Crippen molar-refractivity contribution < 1.29 is 8.60 Å². The number of halogens is 1. The van der Waals surface area contributed by atoms with Crippen LogP contribution in [0.1, 0.15) is 5.56 Å². The molecule has 1 unspecified atom stereocenters. The molecule has 24 heavy (non-hydrogen) atoms. The highest BCUT2D eigenvalue weighted by molar-refractivity contribution is 7.89. The third-order valence-corrected chi connectivity index (χ3v) is 5.57. The van der Waals surface area contributed by atoms with Gasteiger partial charge in [-0.2, -0.15) is 0 Å². The van der Waals surface area contributed by atoms with Gasteiger partial charge in [-0.25, -0.2) is 24.4 Å². The van der Waals surface area contributed by atoms with E-state index in [1.54, 1.807) is 6.07 Å². The zero-order chi connectivity index (χ0) is 17.4. The summed E-state index contributed by atoms with van der Waals surface area (Å²) < 4.78 is 26.0. The standard InChI is InChI=1S/C15H16FN5OS2/c1-20(2)13-11-6-7-23-15(11)21(18)14(19-13)12(17)24(22)10-5-3-4-9(16)8-10/h3-8H,17-18H2,1-2H3/b14-12+. The second kappa shape index (κ2) is 6.34. The van der Waals surface area contributed by atoms with E-state index in [4.69, 9.17) is 11.6 Å². The van der Waals surface area contributed by atoms with Crippen LogP contribution in [0.25, 0.3) is 0 Å². The molecule has 6 nitrogen and oxygen atoms in total. The number of nitrogens with two attached hydrogens (primary N) is 2. The molecule has 0 radical (unpaired) electrons. The molecule has 1 aliphatic rings. The van der Waals surface area contributed by atoms with Gasteiger partial charge in [-0.1, -0.05) is 6.07 Å². The highest BCUT2D eigenvalue weighted by atomic mass is 32.2. The van der Waals surface area contributed by atoms with E-state index >= 15 is 0 Å². The summed E-state index contributed by atoms with van der Waals surface area (Å²) >= 11 is 1.43. The predicted molar refractivity (Wildman–Crippen MR) is 95.2 cm³/mol. The Morgan fingerprint density at radius 3 is 2.79 bits per heavy atom. The molecule has 1 aromatic carbocycles. The third-order valence-electron chi connectivity index (χ3n) is 3.40. The second-order valence-electron chi connectivity index (χ2n) is 5.25. The molecule has 2 heterocycles. The molecule has 0 amide bonds. The zero-order valence-corrected chi connectivity index (χ0v) is 14.7. The molecular formula is C15H16FN5OS2. The maximum absolute atomic E-state index is 13.4. The van der Waals surface area contributed by atoms with E-state index in [0.717, 1.165) is 10.6 Å². The zero-order valence-electron chi connectivity index (χ0n) is 13.1. The fourth-order valence-electron chi connectivity index (χ4n) is 2.28. The fraction of sp³-hybridized carbons (Fsp3) is 0.133. The molecule has 0 saturated carbocycles. The largest absolute Gasteiger partial charge is 0.388 e. The number of fused-ring (bicyclic) bond motifs is 1. The Bertz CT molecular complexity index is 874. The Kier molecular flexibility index (Phi) is 4.39.